The molecule has 0 spiro atoms. The lowest BCUT2D eigenvalue weighted by atomic mass is 9.95. The van der Waals surface area contributed by atoms with Crippen molar-refractivity contribution in [3.63, 3.8) is 0 Å². The van der Waals surface area contributed by atoms with Crippen LogP contribution in [0.25, 0.3) is 0 Å². The van der Waals surface area contributed by atoms with Gasteiger partial charge < -0.3 is 10.6 Å². The monoisotopic (exact) mass is 345 g/mol. The molecule has 23 heavy (non-hydrogen) atoms. The summed E-state index contributed by atoms with van der Waals surface area (Å²) in [6, 6.07) is 0.149. The molecule has 1 aliphatic heterocycles. The number of nitrogens with one attached hydrogen (secondary N) is 2. The Labute approximate surface area is 141 Å². The van der Waals surface area contributed by atoms with Gasteiger partial charge in [0.2, 0.25) is 5.91 Å². The number of hydrogen-bond acceptors (Lipinski definition) is 5. The number of piperidine rings is 1. The van der Waals surface area contributed by atoms with E-state index in [-0.39, 0.29) is 36.5 Å². The zero-order valence-electron chi connectivity index (χ0n) is 13.7. The molecule has 8 nitrogen and oxygen atoms in total. The molecule has 0 bridgehead atoms. The summed E-state index contributed by atoms with van der Waals surface area (Å²) in [5.41, 5.74) is 0.904. The minimum atomic E-state index is -0.427. The highest BCUT2D eigenvalue weighted by molar-refractivity contribution is 5.85. The molecular weight excluding hydrogens is 322 g/mol. The van der Waals surface area contributed by atoms with Gasteiger partial charge in [0.15, 0.2) is 0 Å². The lowest BCUT2D eigenvalue weighted by Gasteiger charge is -2.30. The summed E-state index contributed by atoms with van der Waals surface area (Å²) < 4.78 is 1.54. The molecule has 130 valence electrons. The second kappa shape index (κ2) is 8.26. The van der Waals surface area contributed by atoms with Crippen molar-refractivity contribution in [2.45, 2.75) is 46.2 Å². The van der Waals surface area contributed by atoms with Crippen LogP contribution in [-0.4, -0.2) is 39.7 Å². The highest BCUT2D eigenvalue weighted by atomic mass is 35.5. The molecule has 2 heterocycles. The van der Waals surface area contributed by atoms with E-state index < -0.39 is 4.92 Å². The van der Waals surface area contributed by atoms with Gasteiger partial charge in [-0.2, -0.15) is 5.10 Å². The first-order chi connectivity index (χ1) is 10.4. The molecule has 0 aromatic carbocycles. The Bertz CT molecular complexity index is 575. The smallest absolute Gasteiger partial charge is 0.312 e. The quantitative estimate of drug-likeness (QED) is 0.619. The highest BCUT2D eigenvalue weighted by Gasteiger charge is 2.24. The van der Waals surface area contributed by atoms with Gasteiger partial charge in [-0.15, -0.1) is 12.4 Å². The van der Waals surface area contributed by atoms with E-state index in [0.29, 0.717) is 23.9 Å². The first-order valence-electron chi connectivity index (χ1n) is 7.58. The second-order valence-corrected chi connectivity index (χ2v) is 5.89. The van der Waals surface area contributed by atoms with Gasteiger partial charge in [-0.05, 0) is 32.7 Å². The molecule has 2 atom stereocenters. The zero-order chi connectivity index (χ0) is 16.3. The van der Waals surface area contributed by atoms with Gasteiger partial charge in [-0.3, -0.25) is 19.6 Å². The molecule has 1 fully saturated rings. The van der Waals surface area contributed by atoms with Crippen molar-refractivity contribution in [1.82, 2.24) is 20.4 Å². The first-order valence-corrected chi connectivity index (χ1v) is 7.58. The Balaban J connectivity index is 0.00000264. The number of amides is 1. The maximum absolute atomic E-state index is 12.1. The van der Waals surface area contributed by atoms with Gasteiger partial charge in [-0.25, -0.2) is 0 Å². The molecule has 1 aromatic rings. The van der Waals surface area contributed by atoms with Crippen LogP contribution in [0.2, 0.25) is 0 Å². The van der Waals surface area contributed by atoms with E-state index in [2.05, 4.69) is 22.7 Å². The Hall–Kier alpha value is -1.67. The molecule has 1 aliphatic rings. The van der Waals surface area contributed by atoms with E-state index in [9.17, 15) is 14.9 Å². The van der Waals surface area contributed by atoms with E-state index in [1.54, 1.807) is 13.8 Å². The Morgan fingerprint density at radius 2 is 2.22 bits per heavy atom. The molecule has 2 unspecified atom stereocenters. The second-order valence-electron chi connectivity index (χ2n) is 5.89. The summed E-state index contributed by atoms with van der Waals surface area (Å²) >= 11 is 0. The Morgan fingerprint density at radius 3 is 2.78 bits per heavy atom. The zero-order valence-corrected chi connectivity index (χ0v) is 14.5. The van der Waals surface area contributed by atoms with Gasteiger partial charge in [0.25, 0.3) is 0 Å². The van der Waals surface area contributed by atoms with Crippen molar-refractivity contribution >= 4 is 24.0 Å². The molecule has 9 heteroatoms. The van der Waals surface area contributed by atoms with E-state index in [1.165, 1.54) is 4.68 Å². The van der Waals surface area contributed by atoms with Crippen LogP contribution in [0.3, 0.4) is 0 Å². The number of hydrogen-bond donors (Lipinski definition) is 2. The third kappa shape index (κ3) is 4.65. The lowest BCUT2D eigenvalue weighted by molar-refractivity contribution is -0.386. The van der Waals surface area contributed by atoms with Crippen molar-refractivity contribution in [2.75, 3.05) is 13.1 Å². The minimum Gasteiger partial charge on any atom is -0.352 e. The van der Waals surface area contributed by atoms with Crippen molar-refractivity contribution in [3.05, 3.63) is 21.5 Å². The Morgan fingerprint density at radius 1 is 1.52 bits per heavy atom. The standard InChI is InChI=1S/C14H23N5O3.ClH/c1-9-4-6-15-8-12(9)16-13(20)5-7-18-11(3)14(19(21)22)10(2)17-18;/h9,12,15H,4-8H2,1-3H3,(H,16,20);1H. The predicted molar refractivity (Wildman–Crippen MR) is 88.8 cm³/mol. The normalized spacial score (nSPS) is 20.7. The van der Waals surface area contributed by atoms with Gasteiger partial charge in [0, 0.05) is 19.0 Å². The van der Waals surface area contributed by atoms with Crippen molar-refractivity contribution in [1.29, 1.82) is 0 Å². The average molecular weight is 346 g/mol. The maximum atomic E-state index is 12.1. The minimum absolute atomic E-state index is 0. The topological polar surface area (TPSA) is 102 Å². The third-order valence-corrected chi connectivity index (χ3v) is 4.25. The van der Waals surface area contributed by atoms with Gasteiger partial charge in [-0.1, -0.05) is 6.92 Å². The SMILES string of the molecule is Cc1nn(CCC(=O)NC2CNCCC2C)c(C)c1[N+](=O)[O-].Cl. The number of rotatable bonds is 5. The predicted octanol–water partition coefficient (Wildman–Crippen LogP) is 1.33. The summed E-state index contributed by atoms with van der Waals surface area (Å²) in [4.78, 5) is 22.6. The number of aryl methyl sites for hydroxylation is 2. The number of nitrogens with zero attached hydrogens (tertiary/aromatic N) is 3. The lowest BCUT2D eigenvalue weighted by Crippen LogP contribution is -2.50. The number of carbonyl (C=O) groups excluding carboxylic acids is 1. The molecule has 2 N–H and O–H groups in total. The first kappa shape index (κ1) is 19.4. The number of carbonyl (C=O) groups is 1. The summed E-state index contributed by atoms with van der Waals surface area (Å²) in [6.07, 6.45) is 1.32. The molecule has 2 rings (SSSR count). The van der Waals surface area contributed by atoms with Crippen LogP contribution < -0.4 is 10.6 Å². The van der Waals surface area contributed by atoms with Crippen LogP contribution in [0.5, 0.6) is 0 Å². The number of aromatic nitrogens is 2. The van der Waals surface area contributed by atoms with Crippen LogP contribution >= 0.6 is 12.4 Å². The molecule has 0 aliphatic carbocycles. The van der Waals surface area contributed by atoms with E-state index in [0.717, 1.165) is 19.5 Å². The van der Waals surface area contributed by atoms with Crippen LogP contribution in [0, 0.1) is 29.9 Å². The summed E-state index contributed by atoms with van der Waals surface area (Å²) in [5.74, 6) is 0.413. The van der Waals surface area contributed by atoms with Gasteiger partial charge in [0.1, 0.15) is 11.4 Å². The van der Waals surface area contributed by atoms with Crippen molar-refractivity contribution in [3.8, 4) is 0 Å². The van der Waals surface area contributed by atoms with Crippen molar-refractivity contribution < 1.29 is 9.72 Å². The fourth-order valence-corrected chi connectivity index (χ4v) is 2.84. The van der Waals surface area contributed by atoms with Gasteiger partial charge >= 0.3 is 5.69 Å². The number of nitro groups is 1. The van der Waals surface area contributed by atoms with E-state index in [4.69, 9.17) is 0 Å². The Kier molecular flexibility index (Phi) is 6.96. The maximum Gasteiger partial charge on any atom is 0.312 e. The highest BCUT2D eigenvalue weighted by Crippen LogP contribution is 2.21. The average Bonchev–Trinajstić information content (AvgIpc) is 2.73. The van der Waals surface area contributed by atoms with Crippen LogP contribution in [-0.2, 0) is 11.3 Å². The molecule has 0 radical (unpaired) electrons. The van der Waals surface area contributed by atoms with E-state index in [1.807, 2.05) is 0 Å². The molecule has 0 saturated carbocycles. The van der Waals surface area contributed by atoms with Gasteiger partial charge in [0.05, 0.1) is 11.5 Å². The number of halogens is 1. The largest absolute Gasteiger partial charge is 0.352 e. The summed E-state index contributed by atoms with van der Waals surface area (Å²) in [5, 5.41) is 21.4. The molecular formula is C14H24ClN5O3. The molecule has 1 amide bonds. The third-order valence-electron chi connectivity index (χ3n) is 4.25. The van der Waals surface area contributed by atoms with E-state index >= 15 is 0 Å². The fraction of sp³-hybridized carbons (Fsp3) is 0.714. The van der Waals surface area contributed by atoms with Crippen LogP contribution in [0.4, 0.5) is 5.69 Å². The molecule has 1 saturated heterocycles. The summed E-state index contributed by atoms with van der Waals surface area (Å²) in [7, 11) is 0. The molecule has 1 aromatic heterocycles. The van der Waals surface area contributed by atoms with Crippen LogP contribution in [0.15, 0.2) is 0 Å². The summed E-state index contributed by atoms with van der Waals surface area (Å²) in [6.45, 7) is 7.53. The van der Waals surface area contributed by atoms with Crippen LogP contribution in [0.1, 0.15) is 31.2 Å². The fourth-order valence-electron chi connectivity index (χ4n) is 2.84. The van der Waals surface area contributed by atoms with Crippen molar-refractivity contribution in [2.24, 2.45) is 5.92 Å².